The molecule has 0 aromatic carbocycles. The second-order valence-corrected chi connectivity index (χ2v) is 5.27. The molecule has 2 heterocycles. The van der Waals surface area contributed by atoms with Crippen LogP contribution in [0.4, 0.5) is 5.00 Å². The number of thiazole rings is 2. The minimum Gasteiger partial charge on any atom is -0.476 e. The minimum absolute atomic E-state index is 0.0846. The summed E-state index contributed by atoms with van der Waals surface area (Å²) in [4.78, 5) is 18.9. The first kappa shape index (κ1) is 12.0. The Labute approximate surface area is 106 Å². The quantitative estimate of drug-likeness (QED) is 0.872. The molecule has 90 valence electrons. The fourth-order valence-corrected chi connectivity index (χ4v) is 2.72. The highest BCUT2D eigenvalue weighted by Gasteiger charge is 2.15. The maximum absolute atomic E-state index is 10.9. The number of carbonyl (C=O) groups is 1. The highest BCUT2D eigenvalue weighted by Crippen LogP contribution is 2.23. The molecule has 0 saturated carbocycles. The first-order valence-electron chi connectivity index (χ1n) is 4.98. The molecule has 5 nitrogen and oxygen atoms in total. The number of rotatable bonds is 5. The van der Waals surface area contributed by atoms with Gasteiger partial charge in [-0.25, -0.2) is 14.8 Å². The van der Waals surface area contributed by atoms with Crippen molar-refractivity contribution in [3.8, 4) is 0 Å². The minimum atomic E-state index is -1.00. The summed E-state index contributed by atoms with van der Waals surface area (Å²) in [6, 6.07) is 0. The second-order valence-electron chi connectivity index (χ2n) is 3.49. The van der Waals surface area contributed by atoms with E-state index in [1.807, 2.05) is 12.3 Å². The van der Waals surface area contributed by atoms with Crippen molar-refractivity contribution in [1.29, 1.82) is 0 Å². The van der Waals surface area contributed by atoms with E-state index in [1.54, 1.807) is 17.5 Å². The fraction of sp³-hybridized carbons (Fsp3) is 0.300. The number of nitrogens with one attached hydrogen (secondary N) is 1. The van der Waals surface area contributed by atoms with Gasteiger partial charge in [0.2, 0.25) is 0 Å². The summed E-state index contributed by atoms with van der Waals surface area (Å²) in [7, 11) is 0. The molecule has 0 aliphatic heterocycles. The van der Waals surface area contributed by atoms with Crippen LogP contribution in [0.2, 0.25) is 0 Å². The van der Waals surface area contributed by atoms with E-state index in [0.717, 1.165) is 5.01 Å². The topological polar surface area (TPSA) is 75.1 Å². The summed E-state index contributed by atoms with van der Waals surface area (Å²) >= 11 is 2.90. The molecule has 0 spiro atoms. The van der Waals surface area contributed by atoms with E-state index in [2.05, 4.69) is 15.3 Å². The molecular weight excluding hydrogens is 258 g/mol. The third kappa shape index (κ3) is 2.80. The van der Waals surface area contributed by atoms with E-state index in [1.165, 1.54) is 16.8 Å². The average Bonchev–Trinajstić information content (AvgIpc) is 2.96. The Balaban J connectivity index is 1.98. The molecule has 2 aromatic rings. The van der Waals surface area contributed by atoms with Gasteiger partial charge in [0.05, 0.1) is 10.5 Å². The maximum atomic E-state index is 10.9. The van der Waals surface area contributed by atoms with Crippen LogP contribution in [0.15, 0.2) is 17.1 Å². The molecule has 0 aliphatic carbocycles. The lowest BCUT2D eigenvalue weighted by Crippen LogP contribution is -2.11. The van der Waals surface area contributed by atoms with Crippen LogP contribution in [-0.4, -0.2) is 27.6 Å². The Morgan fingerprint density at radius 3 is 3.00 bits per heavy atom. The third-order valence-electron chi connectivity index (χ3n) is 2.21. The van der Waals surface area contributed by atoms with Gasteiger partial charge in [-0.05, 0) is 0 Å². The first-order valence-corrected chi connectivity index (χ1v) is 6.74. The van der Waals surface area contributed by atoms with Crippen molar-refractivity contribution < 1.29 is 9.90 Å². The van der Waals surface area contributed by atoms with Gasteiger partial charge in [0.25, 0.3) is 0 Å². The zero-order chi connectivity index (χ0) is 12.3. The van der Waals surface area contributed by atoms with Gasteiger partial charge in [-0.15, -0.1) is 22.7 Å². The summed E-state index contributed by atoms with van der Waals surface area (Å²) in [5, 5.41) is 15.6. The molecular formula is C10H11N3O2S2. The van der Waals surface area contributed by atoms with Crippen molar-refractivity contribution in [2.75, 3.05) is 11.9 Å². The molecule has 2 N–H and O–H groups in total. The fourth-order valence-electron chi connectivity index (χ4n) is 1.33. The molecule has 0 radical (unpaired) electrons. The van der Waals surface area contributed by atoms with E-state index in [-0.39, 0.29) is 11.6 Å². The molecule has 7 heteroatoms. The van der Waals surface area contributed by atoms with Gasteiger partial charge in [0.15, 0.2) is 5.69 Å². The zero-order valence-electron chi connectivity index (χ0n) is 9.08. The van der Waals surface area contributed by atoms with Crippen LogP contribution in [0.25, 0.3) is 0 Å². The van der Waals surface area contributed by atoms with Crippen molar-refractivity contribution >= 4 is 33.6 Å². The Morgan fingerprint density at radius 2 is 2.35 bits per heavy atom. The largest absolute Gasteiger partial charge is 0.476 e. The van der Waals surface area contributed by atoms with Crippen molar-refractivity contribution in [2.45, 2.75) is 12.8 Å². The number of hydrogen-bond acceptors (Lipinski definition) is 6. The molecule has 1 atom stereocenters. The van der Waals surface area contributed by atoms with Crippen LogP contribution in [-0.2, 0) is 0 Å². The lowest BCUT2D eigenvalue weighted by molar-refractivity contribution is 0.0692. The summed E-state index contributed by atoms with van der Waals surface area (Å²) in [5.41, 5.74) is 1.61. The van der Waals surface area contributed by atoms with E-state index in [4.69, 9.17) is 5.11 Å². The molecule has 1 unspecified atom stereocenters. The Bertz CT molecular complexity index is 495. The van der Waals surface area contributed by atoms with Gasteiger partial charge < -0.3 is 10.4 Å². The van der Waals surface area contributed by atoms with Crippen LogP contribution in [0.1, 0.15) is 28.3 Å². The number of carboxylic acids is 1. The predicted molar refractivity (Wildman–Crippen MR) is 68.1 cm³/mol. The van der Waals surface area contributed by atoms with E-state index >= 15 is 0 Å². The van der Waals surface area contributed by atoms with Gasteiger partial charge in [0.1, 0.15) is 5.00 Å². The van der Waals surface area contributed by atoms with Crippen LogP contribution < -0.4 is 5.32 Å². The van der Waals surface area contributed by atoms with Gasteiger partial charge >= 0.3 is 5.97 Å². The van der Waals surface area contributed by atoms with Gasteiger partial charge in [-0.3, -0.25) is 0 Å². The highest BCUT2D eigenvalue weighted by molar-refractivity contribution is 7.14. The predicted octanol–water partition coefficient (Wildman–Crippen LogP) is 2.51. The van der Waals surface area contributed by atoms with Gasteiger partial charge in [-0.2, -0.15) is 0 Å². The Kier molecular flexibility index (Phi) is 3.70. The zero-order valence-corrected chi connectivity index (χ0v) is 10.7. The van der Waals surface area contributed by atoms with Crippen molar-refractivity contribution in [1.82, 2.24) is 9.97 Å². The van der Waals surface area contributed by atoms with Crippen LogP contribution in [0.3, 0.4) is 0 Å². The number of hydrogen-bond donors (Lipinski definition) is 2. The lowest BCUT2D eigenvalue weighted by Gasteiger charge is -2.09. The van der Waals surface area contributed by atoms with Crippen molar-refractivity contribution in [3.63, 3.8) is 0 Å². The summed E-state index contributed by atoms with van der Waals surface area (Å²) in [5.74, 6) is -0.755. The molecule has 17 heavy (non-hydrogen) atoms. The van der Waals surface area contributed by atoms with Gasteiger partial charge in [-0.1, -0.05) is 6.92 Å². The Morgan fingerprint density at radius 1 is 1.53 bits per heavy atom. The molecule has 0 amide bonds. The summed E-state index contributed by atoms with van der Waals surface area (Å²) < 4.78 is 0. The number of nitrogens with zero attached hydrogens (tertiary/aromatic N) is 2. The second kappa shape index (κ2) is 5.24. The highest BCUT2D eigenvalue weighted by atomic mass is 32.1. The van der Waals surface area contributed by atoms with Crippen LogP contribution >= 0.6 is 22.7 Å². The molecule has 0 fully saturated rings. The Hall–Kier alpha value is -1.47. The summed E-state index contributed by atoms with van der Waals surface area (Å²) in [6.07, 6.45) is 1.77. The van der Waals surface area contributed by atoms with E-state index in [9.17, 15) is 4.79 Å². The first-order chi connectivity index (χ1) is 8.18. The van der Waals surface area contributed by atoms with Gasteiger partial charge in [0, 0.05) is 24.0 Å². The smallest absolute Gasteiger partial charge is 0.357 e. The van der Waals surface area contributed by atoms with Crippen LogP contribution in [0.5, 0.6) is 0 Å². The number of carboxylic acid groups (broad SMARTS) is 1. The standard InChI is InChI=1S/C10H11N3O2S2/c1-6(8-11-2-3-16-8)4-12-9-7(10(14)15)13-5-17-9/h2-3,5-6,12H,4H2,1H3,(H,14,15). The normalized spacial score (nSPS) is 12.3. The molecule has 2 aromatic heterocycles. The maximum Gasteiger partial charge on any atom is 0.357 e. The van der Waals surface area contributed by atoms with Crippen molar-refractivity contribution in [2.24, 2.45) is 0 Å². The molecule has 0 saturated heterocycles. The van der Waals surface area contributed by atoms with Crippen LogP contribution in [0, 0.1) is 0 Å². The SMILES string of the molecule is CC(CNc1scnc1C(=O)O)c1nccs1. The molecule has 2 rings (SSSR count). The summed E-state index contributed by atoms with van der Waals surface area (Å²) in [6.45, 7) is 2.70. The van der Waals surface area contributed by atoms with E-state index < -0.39 is 5.97 Å². The number of aromatic carboxylic acids is 1. The number of aromatic nitrogens is 2. The third-order valence-corrected chi connectivity index (χ3v) is 4.00. The lowest BCUT2D eigenvalue weighted by atomic mass is 10.2. The monoisotopic (exact) mass is 269 g/mol. The van der Waals surface area contributed by atoms with E-state index in [0.29, 0.717) is 11.5 Å². The molecule has 0 bridgehead atoms. The van der Waals surface area contributed by atoms with Crippen molar-refractivity contribution in [3.05, 3.63) is 27.8 Å². The molecule has 0 aliphatic rings. The number of anilines is 1. The average molecular weight is 269 g/mol.